The molecule has 1 aromatic rings. The minimum absolute atomic E-state index is 0.324. The number of benzene rings is 1. The van der Waals surface area contributed by atoms with E-state index in [0.29, 0.717) is 5.56 Å². The van der Waals surface area contributed by atoms with Gasteiger partial charge in [-0.15, -0.1) is 0 Å². The maximum absolute atomic E-state index is 11.1. The van der Waals surface area contributed by atoms with E-state index in [1.54, 1.807) is 24.3 Å². The van der Waals surface area contributed by atoms with Crippen molar-refractivity contribution in [3.05, 3.63) is 48.2 Å². The molecule has 4 nitrogen and oxygen atoms in total. The molecule has 1 unspecified atom stereocenters. The summed E-state index contributed by atoms with van der Waals surface area (Å²) in [6.45, 7) is 0. The van der Waals surface area contributed by atoms with Crippen molar-refractivity contribution >= 4 is 5.91 Å². The summed E-state index contributed by atoms with van der Waals surface area (Å²) in [5.74, 6) is -1.82. The first kappa shape index (κ1) is 8.77. The number of carbonyl (C=O) groups is 1. The van der Waals surface area contributed by atoms with E-state index in [-0.39, 0.29) is 5.91 Å². The number of hydrogen-bond acceptors (Lipinski definition) is 3. The lowest BCUT2D eigenvalue weighted by molar-refractivity contribution is -0.128. The van der Waals surface area contributed by atoms with Gasteiger partial charge in [-0.3, -0.25) is 4.79 Å². The lowest BCUT2D eigenvalue weighted by Crippen LogP contribution is -2.56. The Hall–Kier alpha value is -1.81. The highest BCUT2D eigenvalue weighted by Crippen LogP contribution is 2.16. The summed E-state index contributed by atoms with van der Waals surface area (Å²) in [5.41, 5.74) is 0.595. The van der Waals surface area contributed by atoms with Gasteiger partial charge >= 0.3 is 0 Å². The molecule has 1 aromatic carbocycles. The van der Waals surface area contributed by atoms with E-state index in [1.807, 2.05) is 6.07 Å². The van der Waals surface area contributed by atoms with Crippen LogP contribution in [0.4, 0.5) is 0 Å². The van der Waals surface area contributed by atoms with Crippen molar-refractivity contribution in [2.45, 2.75) is 5.85 Å². The number of nitrogens with one attached hydrogen (secondary N) is 2. The number of aliphatic hydroxyl groups is 1. The SMILES string of the molecule is O=C1C=CNC(O)(c2ccccc2)N1. The van der Waals surface area contributed by atoms with Crippen LogP contribution in [0.25, 0.3) is 0 Å². The molecule has 0 saturated carbocycles. The van der Waals surface area contributed by atoms with E-state index < -0.39 is 5.85 Å². The number of amides is 1. The molecular formula is C10H10N2O2. The zero-order valence-corrected chi connectivity index (χ0v) is 7.40. The molecule has 14 heavy (non-hydrogen) atoms. The summed E-state index contributed by atoms with van der Waals surface area (Å²) in [4.78, 5) is 11.1. The molecule has 0 bridgehead atoms. The van der Waals surface area contributed by atoms with Gasteiger partial charge in [-0.2, -0.15) is 0 Å². The van der Waals surface area contributed by atoms with Gasteiger partial charge in [-0.25, -0.2) is 0 Å². The molecule has 1 amide bonds. The fourth-order valence-electron chi connectivity index (χ4n) is 1.33. The van der Waals surface area contributed by atoms with Gasteiger partial charge in [0.05, 0.1) is 0 Å². The van der Waals surface area contributed by atoms with Gasteiger partial charge < -0.3 is 15.7 Å². The summed E-state index contributed by atoms with van der Waals surface area (Å²) >= 11 is 0. The second kappa shape index (κ2) is 3.16. The monoisotopic (exact) mass is 190 g/mol. The smallest absolute Gasteiger partial charge is 0.249 e. The van der Waals surface area contributed by atoms with Crippen LogP contribution in [0.5, 0.6) is 0 Å². The van der Waals surface area contributed by atoms with Crippen molar-refractivity contribution in [1.82, 2.24) is 10.6 Å². The summed E-state index contributed by atoms with van der Waals surface area (Å²) in [6.07, 6.45) is 2.74. The third-order valence-corrected chi connectivity index (χ3v) is 2.02. The number of hydrogen-bond donors (Lipinski definition) is 3. The maximum atomic E-state index is 11.1. The maximum Gasteiger partial charge on any atom is 0.249 e. The van der Waals surface area contributed by atoms with Crippen LogP contribution >= 0.6 is 0 Å². The van der Waals surface area contributed by atoms with E-state index in [9.17, 15) is 9.90 Å². The molecule has 0 radical (unpaired) electrons. The van der Waals surface area contributed by atoms with Crippen molar-refractivity contribution in [2.24, 2.45) is 0 Å². The van der Waals surface area contributed by atoms with Gasteiger partial charge in [0.15, 0.2) is 0 Å². The molecule has 1 aliphatic rings. The molecule has 4 heteroatoms. The van der Waals surface area contributed by atoms with E-state index in [4.69, 9.17) is 0 Å². The normalized spacial score (nSPS) is 25.4. The van der Waals surface area contributed by atoms with Crippen molar-refractivity contribution in [2.75, 3.05) is 0 Å². The minimum atomic E-state index is -1.49. The van der Waals surface area contributed by atoms with E-state index in [0.717, 1.165) is 0 Å². The Morgan fingerprint density at radius 2 is 1.93 bits per heavy atom. The molecule has 0 saturated heterocycles. The molecule has 0 spiro atoms. The van der Waals surface area contributed by atoms with E-state index >= 15 is 0 Å². The molecule has 1 heterocycles. The van der Waals surface area contributed by atoms with E-state index in [1.165, 1.54) is 12.3 Å². The van der Waals surface area contributed by atoms with Crippen LogP contribution in [-0.4, -0.2) is 11.0 Å². The van der Waals surface area contributed by atoms with Gasteiger partial charge in [0, 0.05) is 17.8 Å². The molecule has 0 aromatic heterocycles. The zero-order valence-electron chi connectivity index (χ0n) is 7.40. The molecule has 72 valence electrons. The third-order valence-electron chi connectivity index (χ3n) is 2.02. The first-order valence-electron chi connectivity index (χ1n) is 4.25. The first-order valence-corrected chi connectivity index (χ1v) is 4.25. The average Bonchev–Trinajstić information content (AvgIpc) is 2.19. The van der Waals surface area contributed by atoms with Gasteiger partial charge in [0.2, 0.25) is 11.8 Å². The quantitative estimate of drug-likeness (QED) is 0.585. The van der Waals surface area contributed by atoms with Gasteiger partial charge in [-0.1, -0.05) is 30.3 Å². The van der Waals surface area contributed by atoms with Crippen LogP contribution in [-0.2, 0) is 10.6 Å². The Morgan fingerprint density at radius 3 is 2.57 bits per heavy atom. The fourth-order valence-corrected chi connectivity index (χ4v) is 1.33. The van der Waals surface area contributed by atoms with Gasteiger partial charge in [-0.05, 0) is 0 Å². The molecule has 1 atom stereocenters. The highest BCUT2D eigenvalue weighted by molar-refractivity contribution is 5.88. The van der Waals surface area contributed by atoms with E-state index in [2.05, 4.69) is 10.6 Å². The standard InChI is InChI=1S/C10H10N2O2/c13-9-6-7-11-10(14,12-9)8-4-2-1-3-5-8/h1-7,11,14H,(H,12,13). The molecular weight excluding hydrogens is 180 g/mol. The summed E-state index contributed by atoms with van der Waals surface area (Å²) in [6, 6.07) is 8.88. The Balaban J connectivity index is 2.34. The largest absolute Gasteiger partial charge is 0.350 e. The average molecular weight is 190 g/mol. The minimum Gasteiger partial charge on any atom is -0.350 e. The molecule has 0 aliphatic carbocycles. The summed E-state index contributed by atoms with van der Waals surface area (Å²) in [7, 11) is 0. The summed E-state index contributed by atoms with van der Waals surface area (Å²) in [5, 5.41) is 15.1. The predicted octanol–water partition coefficient (Wildman–Crippen LogP) is 0.0223. The second-order valence-electron chi connectivity index (χ2n) is 3.04. The summed E-state index contributed by atoms with van der Waals surface area (Å²) < 4.78 is 0. The Kier molecular flexibility index (Phi) is 1.98. The molecule has 2 rings (SSSR count). The predicted molar refractivity (Wildman–Crippen MR) is 50.8 cm³/mol. The second-order valence-corrected chi connectivity index (χ2v) is 3.04. The highest BCUT2D eigenvalue weighted by atomic mass is 16.3. The Morgan fingerprint density at radius 1 is 1.21 bits per heavy atom. The van der Waals surface area contributed by atoms with Crippen molar-refractivity contribution in [3.63, 3.8) is 0 Å². The zero-order chi connectivity index (χ0) is 10.0. The number of carbonyl (C=O) groups excluding carboxylic acids is 1. The van der Waals surface area contributed by atoms with Gasteiger partial charge in [0.1, 0.15) is 0 Å². The Labute approximate surface area is 81.3 Å². The first-order chi connectivity index (χ1) is 6.71. The van der Waals surface area contributed by atoms with Crippen LogP contribution in [0.15, 0.2) is 42.6 Å². The number of rotatable bonds is 1. The van der Waals surface area contributed by atoms with Crippen molar-refractivity contribution in [3.8, 4) is 0 Å². The van der Waals surface area contributed by atoms with Crippen LogP contribution in [0, 0.1) is 0 Å². The highest BCUT2D eigenvalue weighted by Gasteiger charge is 2.31. The Bertz CT molecular complexity index is 375. The van der Waals surface area contributed by atoms with Crippen molar-refractivity contribution in [1.29, 1.82) is 0 Å². The topological polar surface area (TPSA) is 61.4 Å². The third kappa shape index (κ3) is 1.47. The van der Waals surface area contributed by atoms with Crippen LogP contribution in [0.2, 0.25) is 0 Å². The van der Waals surface area contributed by atoms with Crippen LogP contribution in [0.3, 0.4) is 0 Å². The van der Waals surface area contributed by atoms with Crippen molar-refractivity contribution < 1.29 is 9.90 Å². The lowest BCUT2D eigenvalue weighted by atomic mass is 10.1. The van der Waals surface area contributed by atoms with Crippen LogP contribution < -0.4 is 10.6 Å². The molecule has 0 fully saturated rings. The molecule has 1 aliphatic heterocycles. The molecule has 3 N–H and O–H groups in total. The van der Waals surface area contributed by atoms with Gasteiger partial charge in [0.25, 0.3) is 0 Å². The lowest BCUT2D eigenvalue weighted by Gasteiger charge is -2.31. The van der Waals surface area contributed by atoms with Crippen LogP contribution in [0.1, 0.15) is 5.56 Å². The fraction of sp³-hybridized carbons (Fsp3) is 0.100.